The summed E-state index contributed by atoms with van der Waals surface area (Å²) >= 11 is 0. The molecule has 0 unspecified atom stereocenters. The minimum Gasteiger partial charge on any atom is -0.386 e. The number of benzene rings is 1. The van der Waals surface area contributed by atoms with Crippen LogP contribution in [0.1, 0.15) is 67.3 Å². The molecule has 1 amide bonds. The van der Waals surface area contributed by atoms with Gasteiger partial charge in [-0.2, -0.15) is 5.10 Å². The van der Waals surface area contributed by atoms with Crippen molar-refractivity contribution in [3.05, 3.63) is 53.5 Å². The highest BCUT2D eigenvalue weighted by Crippen LogP contribution is 2.38. The molecule has 1 spiro atoms. The Morgan fingerprint density at radius 2 is 1.85 bits per heavy atom. The third-order valence-corrected chi connectivity index (χ3v) is 9.14. The minimum absolute atomic E-state index is 0.294. The lowest BCUT2D eigenvalue weighted by Gasteiger charge is -2.53. The quantitative estimate of drug-likeness (QED) is 0.418. The Hall–Kier alpha value is -2.85. The fourth-order valence-electron chi connectivity index (χ4n) is 6.77. The van der Waals surface area contributed by atoms with E-state index < -0.39 is 5.60 Å². The van der Waals surface area contributed by atoms with E-state index in [1.165, 1.54) is 45.6 Å². The summed E-state index contributed by atoms with van der Waals surface area (Å²) < 4.78 is 2.10. The van der Waals surface area contributed by atoms with Crippen molar-refractivity contribution in [2.24, 2.45) is 5.41 Å². The van der Waals surface area contributed by atoms with Gasteiger partial charge in [0, 0.05) is 67.8 Å². The summed E-state index contributed by atoms with van der Waals surface area (Å²) in [5.41, 5.74) is 2.64. The molecule has 0 saturated carbocycles. The first-order valence-electron chi connectivity index (χ1n) is 14.8. The average Bonchev–Trinajstić information content (AvgIpc) is 3.34. The van der Waals surface area contributed by atoms with Gasteiger partial charge in [0.1, 0.15) is 5.69 Å². The van der Waals surface area contributed by atoms with Crippen LogP contribution in [0.2, 0.25) is 0 Å². The molecule has 3 fully saturated rings. The van der Waals surface area contributed by atoms with Crippen LogP contribution in [-0.2, 0) is 5.60 Å². The standard InChI is InChI=1S/C31H43N7O2/c1-22-5-4-6-26(33-22)29(39)34-28-17-23-19-38(35-27(23)18-25(28)30(2,3)40)24-7-13-36(14-8-24)15-16-37-20-31(21-37)9-11-32-12-10-31/h4-6,17-19,24,32,40H,7-16,20-21H2,1-3H3,(H,34,39). The molecule has 9 nitrogen and oxygen atoms in total. The van der Waals surface area contributed by atoms with Crippen molar-refractivity contribution in [1.29, 1.82) is 0 Å². The zero-order valence-corrected chi connectivity index (χ0v) is 24.1. The molecule has 0 atom stereocenters. The van der Waals surface area contributed by atoms with Crippen LogP contribution in [0.4, 0.5) is 5.69 Å². The van der Waals surface area contributed by atoms with E-state index in [0.29, 0.717) is 28.4 Å². The second kappa shape index (κ2) is 10.9. The van der Waals surface area contributed by atoms with E-state index in [1.54, 1.807) is 19.9 Å². The summed E-state index contributed by atoms with van der Waals surface area (Å²) in [7, 11) is 0. The number of aryl methyl sites for hydroxylation is 1. The number of nitrogens with one attached hydrogen (secondary N) is 2. The number of hydrogen-bond acceptors (Lipinski definition) is 7. The number of hydrogen-bond donors (Lipinski definition) is 3. The van der Waals surface area contributed by atoms with Gasteiger partial charge in [-0.05, 0) is 89.2 Å². The zero-order chi connectivity index (χ0) is 27.9. The molecular weight excluding hydrogens is 502 g/mol. The summed E-state index contributed by atoms with van der Waals surface area (Å²) in [5, 5.41) is 23.3. The van der Waals surface area contributed by atoms with Gasteiger partial charge in [-0.1, -0.05) is 6.07 Å². The van der Waals surface area contributed by atoms with Crippen molar-refractivity contribution in [2.75, 3.05) is 57.7 Å². The first-order chi connectivity index (χ1) is 19.2. The third-order valence-electron chi connectivity index (χ3n) is 9.14. The normalized spacial score (nSPS) is 20.6. The predicted molar refractivity (Wildman–Crippen MR) is 158 cm³/mol. The molecule has 214 valence electrons. The molecular formula is C31H43N7O2. The number of fused-ring (bicyclic) bond motifs is 1. The Bertz CT molecular complexity index is 1360. The summed E-state index contributed by atoms with van der Waals surface area (Å²) in [6.07, 6.45) is 6.91. The molecule has 3 N–H and O–H groups in total. The molecule has 3 saturated heterocycles. The van der Waals surface area contributed by atoms with Crippen molar-refractivity contribution < 1.29 is 9.90 Å². The molecule has 3 aliphatic heterocycles. The van der Waals surface area contributed by atoms with Gasteiger partial charge < -0.3 is 25.5 Å². The second-order valence-electron chi connectivity index (χ2n) is 12.8. The van der Waals surface area contributed by atoms with Crippen LogP contribution in [0, 0.1) is 12.3 Å². The van der Waals surface area contributed by atoms with Crippen LogP contribution >= 0.6 is 0 Å². The van der Waals surface area contributed by atoms with E-state index >= 15 is 0 Å². The number of aliphatic hydroxyl groups is 1. The maximum atomic E-state index is 13.0. The van der Waals surface area contributed by atoms with Crippen molar-refractivity contribution in [3.8, 4) is 0 Å². The highest BCUT2D eigenvalue weighted by Gasteiger charge is 2.43. The summed E-state index contributed by atoms with van der Waals surface area (Å²) in [6, 6.07) is 9.57. The second-order valence-corrected chi connectivity index (χ2v) is 12.8. The number of anilines is 1. The van der Waals surface area contributed by atoms with E-state index in [-0.39, 0.29) is 5.91 Å². The Morgan fingerprint density at radius 3 is 2.55 bits per heavy atom. The number of likely N-dealkylation sites (tertiary alicyclic amines) is 2. The van der Waals surface area contributed by atoms with E-state index in [2.05, 4.69) is 36.3 Å². The monoisotopic (exact) mass is 545 g/mol. The number of rotatable bonds is 7. The Labute approximate surface area is 236 Å². The third kappa shape index (κ3) is 5.79. The molecule has 6 rings (SSSR count). The van der Waals surface area contributed by atoms with Gasteiger partial charge in [0.2, 0.25) is 0 Å². The highest BCUT2D eigenvalue weighted by molar-refractivity contribution is 6.04. The van der Waals surface area contributed by atoms with E-state index in [0.717, 1.165) is 49.1 Å². The number of carbonyl (C=O) groups excluding carboxylic acids is 1. The number of carbonyl (C=O) groups is 1. The maximum Gasteiger partial charge on any atom is 0.274 e. The van der Waals surface area contributed by atoms with Crippen molar-refractivity contribution in [2.45, 2.75) is 58.1 Å². The maximum absolute atomic E-state index is 13.0. The van der Waals surface area contributed by atoms with Crippen LogP contribution < -0.4 is 10.6 Å². The molecule has 1 aromatic carbocycles. The summed E-state index contributed by atoms with van der Waals surface area (Å²) in [5.74, 6) is -0.294. The molecule has 5 heterocycles. The fraction of sp³-hybridized carbons (Fsp3) is 0.581. The van der Waals surface area contributed by atoms with Gasteiger partial charge in [-0.3, -0.25) is 9.48 Å². The summed E-state index contributed by atoms with van der Waals surface area (Å²) in [6.45, 7) is 14.7. The smallest absolute Gasteiger partial charge is 0.274 e. The lowest BCUT2D eigenvalue weighted by atomic mass is 9.72. The van der Waals surface area contributed by atoms with Gasteiger partial charge in [0.05, 0.1) is 17.2 Å². The van der Waals surface area contributed by atoms with Crippen LogP contribution in [0.5, 0.6) is 0 Å². The van der Waals surface area contributed by atoms with Crippen LogP contribution in [0.25, 0.3) is 10.9 Å². The predicted octanol–water partition coefficient (Wildman–Crippen LogP) is 3.54. The molecule has 0 aliphatic carbocycles. The largest absolute Gasteiger partial charge is 0.386 e. The van der Waals surface area contributed by atoms with E-state index in [4.69, 9.17) is 5.10 Å². The first-order valence-corrected chi connectivity index (χ1v) is 14.8. The molecule has 3 aromatic rings. The number of aromatic nitrogens is 3. The molecule has 0 radical (unpaired) electrons. The van der Waals surface area contributed by atoms with Crippen molar-refractivity contribution in [3.63, 3.8) is 0 Å². The van der Waals surface area contributed by atoms with Gasteiger partial charge in [-0.25, -0.2) is 4.98 Å². The van der Waals surface area contributed by atoms with Crippen LogP contribution in [0.3, 0.4) is 0 Å². The summed E-state index contributed by atoms with van der Waals surface area (Å²) in [4.78, 5) is 22.6. The molecule has 3 aliphatic rings. The Morgan fingerprint density at radius 1 is 1.12 bits per heavy atom. The number of amides is 1. The number of pyridine rings is 1. The number of nitrogens with zero attached hydrogens (tertiary/aromatic N) is 5. The molecule has 0 bridgehead atoms. The lowest BCUT2D eigenvalue weighted by Crippen LogP contribution is -2.60. The fourth-order valence-corrected chi connectivity index (χ4v) is 6.77. The van der Waals surface area contributed by atoms with E-state index in [1.807, 2.05) is 31.2 Å². The van der Waals surface area contributed by atoms with Gasteiger partial charge in [-0.15, -0.1) is 0 Å². The van der Waals surface area contributed by atoms with Gasteiger partial charge >= 0.3 is 0 Å². The molecule has 2 aromatic heterocycles. The first kappa shape index (κ1) is 27.3. The Kier molecular flexibility index (Phi) is 7.41. The number of piperidine rings is 2. The zero-order valence-electron chi connectivity index (χ0n) is 24.1. The lowest BCUT2D eigenvalue weighted by molar-refractivity contribution is -0.0281. The minimum atomic E-state index is -1.14. The van der Waals surface area contributed by atoms with Crippen LogP contribution in [0.15, 0.2) is 36.5 Å². The SMILES string of the molecule is Cc1cccc(C(=O)Nc2cc3cn(C4CCN(CCN5CC6(CCNCC6)C5)CC4)nc3cc2C(C)(C)O)n1. The van der Waals surface area contributed by atoms with E-state index in [9.17, 15) is 9.90 Å². The molecule has 9 heteroatoms. The van der Waals surface area contributed by atoms with Gasteiger partial charge in [0.25, 0.3) is 5.91 Å². The highest BCUT2D eigenvalue weighted by atomic mass is 16.3. The van der Waals surface area contributed by atoms with Gasteiger partial charge in [0.15, 0.2) is 0 Å². The van der Waals surface area contributed by atoms with Crippen molar-refractivity contribution >= 4 is 22.5 Å². The average molecular weight is 546 g/mol. The van der Waals surface area contributed by atoms with Crippen molar-refractivity contribution in [1.82, 2.24) is 29.9 Å². The topological polar surface area (TPSA) is 98.6 Å². The Balaban J connectivity index is 1.09. The molecule has 40 heavy (non-hydrogen) atoms. The van der Waals surface area contributed by atoms with Crippen LogP contribution in [-0.4, -0.2) is 87.9 Å².